The fraction of sp³-hybridized carbons (Fsp3) is 0.655. The standard InChI is InChI=1S/C29H44N4O10/c1-17(2)26(28(40)30-19(5)27(39)18(3)4)32-22(35)9-8-21(29(41)42)31-23(36)13-16-43-15-6-7-20(34)12-14-33-24(37)10-11-25(33)38/h10-11,17-19,21,26H,6-9,12-16H2,1-5H3,(H,30,40)(H,31,36)(H,32,35)(H,41,42)/t19-,21-,26-/m0/s1. The summed E-state index contributed by atoms with van der Waals surface area (Å²) in [5.41, 5.74) is 0. The van der Waals surface area contributed by atoms with Crippen LogP contribution < -0.4 is 16.0 Å². The quantitative estimate of drug-likeness (QED) is 0.103. The Labute approximate surface area is 251 Å². The minimum atomic E-state index is -1.34. The molecule has 3 atom stereocenters. The lowest BCUT2D eigenvalue weighted by Crippen LogP contribution is -2.53. The lowest BCUT2D eigenvalue weighted by Gasteiger charge is -2.24. The summed E-state index contributed by atoms with van der Waals surface area (Å²) in [4.78, 5) is 97.0. The third kappa shape index (κ3) is 13.7. The number of aliphatic carboxylic acids is 1. The van der Waals surface area contributed by atoms with Crippen molar-refractivity contribution in [2.45, 2.75) is 91.3 Å². The second-order valence-corrected chi connectivity index (χ2v) is 11.0. The van der Waals surface area contributed by atoms with Gasteiger partial charge >= 0.3 is 5.97 Å². The molecule has 0 saturated heterocycles. The molecule has 1 aliphatic heterocycles. The Morgan fingerprint density at radius 2 is 1.42 bits per heavy atom. The number of hydrogen-bond donors (Lipinski definition) is 4. The Morgan fingerprint density at radius 3 is 1.98 bits per heavy atom. The van der Waals surface area contributed by atoms with Crippen LogP contribution >= 0.6 is 0 Å². The van der Waals surface area contributed by atoms with Crippen LogP contribution in [-0.4, -0.2) is 95.0 Å². The Kier molecular flexibility index (Phi) is 16.0. The van der Waals surface area contributed by atoms with Crippen molar-refractivity contribution >= 4 is 47.1 Å². The monoisotopic (exact) mass is 608 g/mol. The van der Waals surface area contributed by atoms with E-state index in [-0.39, 0.29) is 75.3 Å². The van der Waals surface area contributed by atoms with Crippen molar-refractivity contribution in [2.24, 2.45) is 11.8 Å². The first-order valence-corrected chi connectivity index (χ1v) is 14.4. The Morgan fingerprint density at radius 1 is 0.814 bits per heavy atom. The Hall–Kier alpha value is -3.94. The zero-order valence-corrected chi connectivity index (χ0v) is 25.5. The number of hydrogen-bond acceptors (Lipinski definition) is 9. The van der Waals surface area contributed by atoms with E-state index in [1.807, 2.05) is 0 Å². The molecule has 0 unspecified atom stereocenters. The first kappa shape index (κ1) is 37.1. The molecule has 0 aromatic heterocycles. The molecule has 0 bridgehead atoms. The Balaban J connectivity index is 2.36. The number of amides is 5. The summed E-state index contributed by atoms with van der Waals surface area (Å²) >= 11 is 0. The SMILES string of the molecule is CC(C)C(=O)[C@H](C)NC(=O)[C@@H](NC(=O)CC[C@H](NC(=O)CCOCCCC(=O)CCN1C(=O)C=CC1=O)C(=O)O)C(C)C. The van der Waals surface area contributed by atoms with Crippen molar-refractivity contribution in [1.29, 1.82) is 0 Å². The van der Waals surface area contributed by atoms with Gasteiger partial charge in [-0.2, -0.15) is 0 Å². The van der Waals surface area contributed by atoms with Crippen LogP contribution in [0.3, 0.4) is 0 Å². The molecule has 1 rings (SSSR count). The fourth-order valence-electron chi connectivity index (χ4n) is 4.11. The molecule has 0 aliphatic carbocycles. The van der Waals surface area contributed by atoms with Gasteiger partial charge in [0.25, 0.3) is 11.8 Å². The van der Waals surface area contributed by atoms with Gasteiger partial charge in [-0.15, -0.1) is 0 Å². The van der Waals surface area contributed by atoms with E-state index >= 15 is 0 Å². The maximum absolute atomic E-state index is 12.7. The number of carboxylic acid groups (broad SMARTS) is 1. The molecule has 240 valence electrons. The van der Waals surface area contributed by atoms with E-state index in [1.54, 1.807) is 34.6 Å². The highest BCUT2D eigenvalue weighted by molar-refractivity contribution is 6.13. The topological polar surface area (TPSA) is 205 Å². The van der Waals surface area contributed by atoms with Crippen LogP contribution in [0.4, 0.5) is 0 Å². The summed E-state index contributed by atoms with van der Waals surface area (Å²) in [7, 11) is 0. The van der Waals surface area contributed by atoms with Crippen LogP contribution in [0.15, 0.2) is 12.2 Å². The van der Waals surface area contributed by atoms with Gasteiger partial charge in [0.1, 0.15) is 17.9 Å². The van der Waals surface area contributed by atoms with Gasteiger partial charge in [0.05, 0.1) is 12.6 Å². The molecule has 43 heavy (non-hydrogen) atoms. The first-order valence-electron chi connectivity index (χ1n) is 14.4. The minimum Gasteiger partial charge on any atom is -0.480 e. The van der Waals surface area contributed by atoms with E-state index in [0.29, 0.717) is 6.42 Å². The highest BCUT2D eigenvalue weighted by atomic mass is 16.5. The fourth-order valence-corrected chi connectivity index (χ4v) is 4.11. The molecule has 5 amide bonds. The summed E-state index contributed by atoms with van der Waals surface area (Å²) in [6.45, 7) is 8.63. The minimum absolute atomic E-state index is 0.0157. The highest BCUT2D eigenvalue weighted by Gasteiger charge is 2.29. The number of nitrogens with one attached hydrogen (secondary N) is 3. The number of imide groups is 1. The second kappa shape index (κ2) is 18.6. The number of ether oxygens (including phenoxy) is 1. The van der Waals surface area contributed by atoms with Gasteiger partial charge in [-0.3, -0.25) is 38.5 Å². The van der Waals surface area contributed by atoms with Crippen molar-refractivity contribution in [3.05, 3.63) is 12.2 Å². The van der Waals surface area contributed by atoms with E-state index in [4.69, 9.17) is 4.74 Å². The van der Waals surface area contributed by atoms with Crippen molar-refractivity contribution in [3.8, 4) is 0 Å². The zero-order chi connectivity index (χ0) is 32.7. The van der Waals surface area contributed by atoms with Gasteiger partial charge in [0.15, 0.2) is 5.78 Å². The predicted octanol–water partition coefficient (Wildman–Crippen LogP) is 0.278. The van der Waals surface area contributed by atoms with E-state index in [1.165, 1.54) is 0 Å². The van der Waals surface area contributed by atoms with Gasteiger partial charge in [0, 0.05) is 56.9 Å². The summed E-state index contributed by atoms with van der Waals surface area (Å²) in [5, 5.41) is 17.0. The maximum Gasteiger partial charge on any atom is 0.326 e. The third-order valence-corrected chi connectivity index (χ3v) is 6.65. The molecule has 14 nitrogen and oxygen atoms in total. The largest absolute Gasteiger partial charge is 0.480 e. The number of Topliss-reactive ketones (excluding diaryl/α,β-unsaturated/α-hetero) is 2. The molecule has 0 radical (unpaired) electrons. The summed E-state index contributed by atoms with van der Waals surface area (Å²) in [5.74, 6) is -4.78. The first-order chi connectivity index (χ1) is 20.1. The zero-order valence-electron chi connectivity index (χ0n) is 25.5. The number of ketones is 2. The Bertz CT molecular complexity index is 1070. The lowest BCUT2D eigenvalue weighted by atomic mass is 10.00. The van der Waals surface area contributed by atoms with Crippen LogP contribution in [0.2, 0.25) is 0 Å². The molecule has 4 N–H and O–H groups in total. The smallest absolute Gasteiger partial charge is 0.326 e. The van der Waals surface area contributed by atoms with Gasteiger partial charge in [-0.05, 0) is 25.7 Å². The molecular weight excluding hydrogens is 564 g/mol. The number of carboxylic acids is 1. The number of carbonyl (C=O) groups excluding carboxylic acids is 7. The van der Waals surface area contributed by atoms with Gasteiger partial charge in [-0.1, -0.05) is 27.7 Å². The predicted molar refractivity (Wildman–Crippen MR) is 153 cm³/mol. The van der Waals surface area contributed by atoms with Gasteiger partial charge < -0.3 is 25.8 Å². The molecule has 0 spiro atoms. The normalized spacial score (nSPS) is 14.9. The van der Waals surface area contributed by atoms with E-state index < -0.39 is 53.6 Å². The van der Waals surface area contributed by atoms with Gasteiger partial charge in [0.2, 0.25) is 17.7 Å². The molecule has 0 fully saturated rings. The van der Waals surface area contributed by atoms with Crippen molar-refractivity contribution in [2.75, 3.05) is 19.8 Å². The molecule has 0 aromatic carbocycles. The van der Waals surface area contributed by atoms with E-state index in [9.17, 15) is 43.5 Å². The van der Waals surface area contributed by atoms with Crippen molar-refractivity contribution in [3.63, 3.8) is 0 Å². The number of carbonyl (C=O) groups is 8. The molecule has 14 heteroatoms. The van der Waals surface area contributed by atoms with Crippen molar-refractivity contribution in [1.82, 2.24) is 20.9 Å². The van der Waals surface area contributed by atoms with Crippen LogP contribution in [0.5, 0.6) is 0 Å². The molecule has 1 aliphatic rings. The number of rotatable bonds is 21. The third-order valence-electron chi connectivity index (χ3n) is 6.65. The summed E-state index contributed by atoms with van der Waals surface area (Å²) in [6, 6.07) is -3.00. The van der Waals surface area contributed by atoms with E-state index in [2.05, 4.69) is 16.0 Å². The number of nitrogens with zero attached hydrogens (tertiary/aromatic N) is 1. The molecule has 0 saturated carbocycles. The highest BCUT2D eigenvalue weighted by Crippen LogP contribution is 2.08. The van der Waals surface area contributed by atoms with Crippen molar-refractivity contribution < 1.29 is 48.2 Å². The molecule has 1 heterocycles. The average Bonchev–Trinajstić information content (AvgIpc) is 3.25. The van der Waals surface area contributed by atoms with Gasteiger partial charge in [-0.25, -0.2) is 4.79 Å². The van der Waals surface area contributed by atoms with Crippen LogP contribution in [0, 0.1) is 11.8 Å². The average molecular weight is 609 g/mol. The maximum atomic E-state index is 12.7. The molecule has 0 aromatic rings. The van der Waals surface area contributed by atoms with E-state index in [0.717, 1.165) is 17.1 Å². The van der Waals surface area contributed by atoms with Crippen LogP contribution in [0.25, 0.3) is 0 Å². The summed E-state index contributed by atoms with van der Waals surface area (Å²) in [6.07, 6.45) is 2.27. The molecular formula is C29H44N4O10. The summed E-state index contributed by atoms with van der Waals surface area (Å²) < 4.78 is 5.34. The second-order valence-electron chi connectivity index (χ2n) is 11.0. The lowest BCUT2D eigenvalue weighted by molar-refractivity contribution is -0.142. The van der Waals surface area contributed by atoms with Crippen LogP contribution in [-0.2, 0) is 43.1 Å². The van der Waals surface area contributed by atoms with Crippen LogP contribution in [0.1, 0.15) is 73.1 Å².